The molecule has 0 radical (unpaired) electrons. The highest BCUT2D eigenvalue weighted by atomic mass is 35.5. The Morgan fingerprint density at radius 3 is 2.33 bits per heavy atom. The van der Waals surface area contributed by atoms with E-state index in [1.807, 2.05) is 0 Å². The molecule has 0 aliphatic carbocycles. The minimum absolute atomic E-state index is 0.0604. The molecule has 0 spiro atoms. The van der Waals surface area contributed by atoms with Crippen LogP contribution < -0.4 is 4.90 Å². The van der Waals surface area contributed by atoms with E-state index in [4.69, 9.17) is 11.6 Å². The number of alkyl halides is 3. The Morgan fingerprint density at radius 2 is 1.89 bits per heavy atom. The fraction of sp³-hybridized carbons (Fsp3) is 0.417. The van der Waals surface area contributed by atoms with Crippen molar-refractivity contribution in [1.82, 2.24) is 0 Å². The Hall–Kier alpha value is -1.23. The summed E-state index contributed by atoms with van der Waals surface area (Å²) in [5, 5.41) is 0.111. The number of benzene rings is 1. The maximum absolute atomic E-state index is 12.6. The van der Waals surface area contributed by atoms with E-state index in [2.05, 4.69) is 0 Å². The molecule has 0 saturated heterocycles. The highest BCUT2D eigenvalue weighted by Crippen LogP contribution is 2.35. The molecule has 1 amide bonds. The molecule has 0 fully saturated rings. The van der Waals surface area contributed by atoms with Gasteiger partial charge >= 0.3 is 6.18 Å². The normalized spacial score (nSPS) is 11.8. The van der Waals surface area contributed by atoms with Gasteiger partial charge in [0.25, 0.3) is 0 Å². The molecule has 100 valence electrons. The van der Waals surface area contributed by atoms with Gasteiger partial charge in [0.05, 0.1) is 16.3 Å². The molecule has 1 aromatic carbocycles. The van der Waals surface area contributed by atoms with Gasteiger partial charge in [-0.05, 0) is 18.2 Å². The van der Waals surface area contributed by atoms with Gasteiger partial charge in [0.1, 0.15) is 0 Å². The molecule has 0 aliphatic rings. The Kier molecular flexibility index (Phi) is 4.27. The summed E-state index contributed by atoms with van der Waals surface area (Å²) in [7, 11) is 1.41. The van der Waals surface area contributed by atoms with Gasteiger partial charge in [-0.2, -0.15) is 13.2 Å². The van der Waals surface area contributed by atoms with Crippen molar-refractivity contribution in [2.24, 2.45) is 5.92 Å². The van der Waals surface area contributed by atoms with Gasteiger partial charge in [-0.25, -0.2) is 0 Å². The predicted octanol–water partition coefficient (Wildman–Crippen LogP) is 3.98. The van der Waals surface area contributed by atoms with Gasteiger partial charge in [-0.3, -0.25) is 4.79 Å². The number of nitrogens with zero attached hydrogens (tertiary/aromatic N) is 1. The first-order valence-corrected chi connectivity index (χ1v) is 5.66. The average molecular weight is 280 g/mol. The maximum Gasteiger partial charge on any atom is 0.416 e. The molecule has 1 aromatic rings. The zero-order chi connectivity index (χ0) is 14.1. The summed E-state index contributed by atoms with van der Waals surface area (Å²) < 4.78 is 37.7. The van der Waals surface area contributed by atoms with Crippen LogP contribution >= 0.6 is 11.6 Å². The molecule has 1 rings (SSSR count). The van der Waals surface area contributed by atoms with Gasteiger partial charge in [-0.15, -0.1) is 0 Å². The summed E-state index contributed by atoms with van der Waals surface area (Å²) in [5.74, 6) is -0.614. The van der Waals surface area contributed by atoms with Crippen LogP contribution in [0.3, 0.4) is 0 Å². The van der Waals surface area contributed by atoms with Crippen molar-refractivity contribution < 1.29 is 18.0 Å². The molecule has 6 heteroatoms. The highest BCUT2D eigenvalue weighted by molar-refractivity contribution is 6.33. The third kappa shape index (κ3) is 3.16. The minimum atomic E-state index is -4.46. The molecule has 0 aromatic heterocycles. The van der Waals surface area contributed by atoms with E-state index < -0.39 is 11.7 Å². The summed E-state index contributed by atoms with van der Waals surface area (Å²) >= 11 is 5.83. The predicted molar refractivity (Wildman–Crippen MR) is 64.7 cm³/mol. The SMILES string of the molecule is CC(C)C(=O)N(C)c1cc(C(F)(F)F)ccc1Cl. The lowest BCUT2D eigenvalue weighted by Crippen LogP contribution is -2.30. The third-order valence-corrected chi connectivity index (χ3v) is 2.78. The van der Waals surface area contributed by atoms with Crippen molar-refractivity contribution in [3.63, 3.8) is 0 Å². The van der Waals surface area contributed by atoms with Gasteiger partial charge in [0.15, 0.2) is 0 Å². The van der Waals surface area contributed by atoms with E-state index in [0.717, 1.165) is 23.1 Å². The van der Waals surface area contributed by atoms with Crippen LogP contribution in [-0.4, -0.2) is 13.0 Å². The van der Waals surface area contributed by atoms with E-state index in [1.165, 1.54) is 7.05 Å². The van der Waals surface area contributed by atoms with Crippen LogP contribution in [0.15, 0.2) is 18.2 Å². The number of hydrogen-bond acceptors (Lipinski definition) is 1. The van der Waals surface area contributed by atoms with Crippen LogP contribution in [0.2, 0.25) is 5.02 Å². The number of carbonyl (C=O) groups is 1. The molecule has 0 heterocycles. The van der Waals surface area contributed by atoms with E-state index in [1.54, 1.807) is 13.8 Å². The first-order chi connectivity index (χ1) is 8.14. The summed E-state index contributed by atoms with van der Waals surface area (Å²) in [6, 6.07) is 2.91. The molecule has 0 atom stereocenters. The zero-order valence-electron chi connectivity index (χ0n) is 10.2. The lowest BCUT2D eigenvalue weighted by molar-refractivity contribution is -0.137. The fourth-order valence-electron chi connectivity index (χ4n) is 1.45. The molecule has 0 N–H and O–H groups in total. The lowest BCUT2D eigenvalue weighted by Gasteiger charge is -2.21. The Morgan fingerprint density at radius 1 is 1.33 bits per heavy atom. The van der Waals surface area contributed by atoms with Crippen LogP contribution in [0.1, 0.15) is 19.4 Å². The lowest BCUT2D eigenvalue weighted by atomic mass is 10.1. The molecule has 18 heavy (non-hydrogen) atoms. The monoisotopic (exact) mass is 279 g/mol. The van der Waals surface area contributed by atoms with E-state index in [9.17, 15) is 18.0 Å². The Balaban J connectivity index is 3.20. The maximum atomic E-state index is 12.6. The minimum Gasteiger partial charge on any atom is -0.314 e. The molecule has 0 aliphatic heterocycles. The summed E-state index contributed by atoms with van der Waals surface area (Å²) in [6.07, 6.45) is -4.46. The average Bonchev–Trinajstić information content (AvgIpc) is 2.26. The zero-order valence-corrected chi connectivity index (χ0v) is 10.9. The largest absolute Gasteiger partial charge is 0.416 e. The van der Waals surface area contributed by atoms with E-state index >= 15 is 0 Å². The van der Waals surface area contributed by atoms with Crippen molar-refractivity contribution in [2.45, 2.75) is 20.0 Å². The van der Waals surface area contributed by atoms with Crippen LogP contribution in [0, 0.1) is 5.92 Å². The molecular formula is C12H13ClF3NO. The number of carbonyl (C=O) groups excluding carboxylic acids is 1. The number of halogens is 4. The topological polar surface area (TPSA) is 20.3 Å². The molecule has 0 bridgehead atoms. The summed E-state index contributed by atoms with van der Waals surface area (Å²) in [6.45, 7) is 3.33. The summed E-state index contributed by atoms with van der Waals surface area (Å²) in [4.78, 5) is 12.9. The van der Waals surface area contributed by atoms with Crippen molar-refractivity contribution >= 4 is 23.2 Å². The van der Waals surface area contributed by atoms with E-state index in [0.29, 0.717) is 0 Å². The van der Waals surface area contributed by atoms with Crippen molar-refractivity contribution in [2.75, 3.05) is 11.9 Å². The second-order valence-electron chi connectivity index (χ2n) is 4.22. The van der Waals surface area contributed by atoms with Crippen molar-refractivity contribution in [3.8, 4) is 0 Å². The molecular weight excluding hydrogens is 267 g/mol. The molecule has 0 unspecified atom stereocenters. The van der Waals surface area contributed by atoms with Crippen LogP contribution in [0.5, 0.6) is 0 Å². The number of amides is 1. The first kappa shape index (κ1) is 14.8. The van der Waals surface area contributed by atoms with E-state index in [-0.39, 0.29) is 22.5 Å². The number of hydrogen-bond donors (Lipinski definition) is 0. The van der Waals surface area contributed by atoms with Gasteiger partial charge < -0.3 is 4.90 Å². The standard InChI is InChI=1S/C12H13ClF3NO/c1-7(2)11(18)17(3)10-6-8(12(14,15)16)4-5-9(10)13/h4-7H,1-3H3. The van der Waals surface area contributed by atoms with Crippen LogP contribution in [0.25, 0.3) is 0 Å². The van der Waals surface area contributed by atoms with Crippen LogP contribution in [-0.2, 0) is 11.0 Å². The van der Waals surface area contributed by atoms with Crippen LogP contribution in [0.4, 0.5) is 18.9 Å². The quantitative estimate of drug-likeness (QED) is 0.802. The Labute approximate surface area is 108 Å². The molecule has 0 saturated carbocycles. The first-order valence-electron chi connectivity index (χ1n) is 5.29. The smallest absolute Gasteiger partial charge is 0.314 e. The van der Waals surface area contributed by atoms with Crippen molar-refractivity contribution in [3.05, 3.63) is 28.8 Å². The van der Waals surface area contributed by atoms with Gasteiger partial charge in [-0.1, -0.05) is 25.4 Å². The number of rotatable bonds is 2. The highest BCUT2D eigenvalue weighted by Gasteiger charge is 2.31. The third-order valence-electron chi connectivity index (χ3n) is 2.46. The summed E-state index contributed by atoms with van der Waals surface area (Å²) in [5.41, 5.74) is -0.768. The second kappa shape index (κ2) is 5.18. The Bertz CT molecular complexity index is 457. The van der Waals surface area contributed by atoms with Gasteiger partial charge in [0, 0.05) is 13.0 Å². The molecule has 2 nitrogen and oxygen atoms in total. The second-order valence-corrected chi connectivity index (χ2v) is 4.62. The fourth-order valence-corrected chi connectivity index (χ4v) is 1.70. The number of anilines is 1. The van der Waals surface area contributed by atoms with Crippen molar-refractivity contribution in [1.29, 1.82) is 0 Å². The van der Waals surface area contributed by atoms with Gasteiger partial charge in [0.2, 0.25) is 5.91 Å².